The molecule has 1 aromatic carbocycles. The van der Waals surface area contributed by atoms with Gasteiger partial charge in [0.05, 0.1) is 7.11 Å². The zero-order valence-electron chi connectivity index (χ0n) is 12.2. The van der Waals surface area contributed by atoms with Crippen LogP contribution in [0.5, 0.6) is 5.75 Å². The minimum absolute atomic E-state index is 0.105. The van der Waals surface area contributed by atoms with Crippen molar-refractivity contribution in [2.24, 2.45) is 0 Å². The molecule has 1 heterocycles. The molecule has 1 N–H and O–H groups in total. The molecule has 106 valence electrons. The fourth-order valence-electron chi connectivity index (χ4n) is 2.50. The standard InChI is InChI=1S/C15H23FN2O/c1-5-15(3)10-18(11(2)9-17-15)12-6-7-13(16)14(8-12)19-4/h6-8,11,17H,5,9-10H2,1-4H3. The van der Waals surface area contributed by atoms with Gasteiger partial charge in [-0.2, -0.15) is 0 Å². The van der Waals surface area contributed by atoms with E-state index in [1.165, 1.54) is 13.2 Å². The zero-order chi connectivity index (χ0) is 14.0. The van der Waals surface area contributed by atoms with Crippen molar-refractivity contribution in [2.75, 3.05) is 25.1 Å². The van der Waals surface area contributed by atoms with Gasteiger partial charge in [-0.15, -0.1) is 0 Å². The normalized spacial score (nSPS) is 27.4. The van der Waals surface area contributed by atoms with Crippen LogP contribution in [0, 0.1) is 5.82 Å². The van der Waals surface area contributed by atoms with Gasteiger partial charge in [-0.1, -0.05) is 6.92 Å². The van der Waals surface area contributed by atoms with Crippen molar-refractivity contribution < 1.29 is 9.13 Å². The number of benzene rings is 1. The number of hydrogen-bond acceptors (Lipinski definition) is 3. The van der Waals surface area contributed by atoms with E-state index in [0.29, 0.717) is 11.8 Å². The van der Waals surface area contributed by atoms with Gasteiger partial charge in [-0.25, -0.2) is 4.39 Å². The summed E-state index contributed by atoms with van der Waals surface area (Å²) in [5.41, 5.74) is 1.13. The van der Waals surface area contributed by atoms with E-state index in [0.717, 1.165) is 25.2 Å². The predicted molar refractivity (Wildman–Crippen MR) is 76.5 cm³/mol. The maximum Gasteiger partial charge on any atom is 0.165 e. The molecule has 19 heavy (non-hydrogen) atoms. The van der Waals surface area contributed by atoms with E-state index in [2.05, 4.69) is 31.0 Å². The molecule has 1 fully saturated rings. The van der Waals surface area contributed by atoms with Gasteiger partial charge in [-0.3, -0.25) is 0 Å². The molecule has 1 aromatic rings. The molecule has 0 saturated carbocycles. The van der Waals surface area contributed by atoms with Crippen molar-refractivity contribution >= 4 is 5.69 Å². The minimum Gasteiger partial charge on any atom is -0.494 e. The van der Waals surface area contributed by atoms with Crippen LogP contribution in [0.25, 0.3) is 0 Å². The van der Waals surface area contributed by atoms with Crippen LogP contribution in [0.15, 0.2) is 18.2 Å². The second kappa shape index (κ2) is 5.37. The maximum absolute atomic E-state index is 13.5. The van der Waals surface area contributed by atoms with Gasteiger partial charge in [0.15, 0.2) is 11.6 Å². The van der Waals surface area contributed by atoms with Crippen LogP contribution in [0.2, 0.25) is 0 Å². The number of rotatable bonds is 3. The molecular weight excluding hydrogens is 243 g/mol. The lowest BCUT2D eigenvalue weighted by atomic mass is 9.93. The first-order chi connectivity index (χ1) is 8.99. The Labute approximate surface area is 114 Å². The van der Waals surface area contributed by atoms with Gasteiger partial charge in [0, 0.05) is 36.4 Å². The lowest BCUT2D eigenvalue weighted by Gasteiger charge is -2.46. The number of methoxy groups -OCH3 is 1. The van der Waals surface area contributed by atoms with E-state index in [-0.39, 0.29) is 11.4 Å². The fourth-order valence-corrected chi connectivity index (χ4v) is 2.50. The summed E-state index contributed by atoms with van der Waals surface area (Å²) in [7, 11) is 1.50. The highest BCUT2D eigenvalue weighted by Crippen LogP contribution is 2.29. The average molecular weight is 266 g/mol. The van der Waals surface area contributed by atoms with Crippen LogP contribution in [0.1, 0.15) is 27.2 Å². The second-order valence-corrected chi connectivity index (χ2v) is 5.59. The van der Waals surface area contributed by atoms with Crippen molar-refractivity contribution in [2.45, 2.75) is 38.8 Å². The van der Waals surface area contributed by atoms with Crippen LogP contribution in [-0.4, -0.2) is 31.8 Å². The lowest BCUT2D eigenvalue weighted by Crippen LogP contribution is -2.62. The van der Waals surface area contributed by atoms with Crippen LogP contribution in [0.4, 0.5) is 10.1 Å². The van der Waals surface area contributed by atoms with E-state index >= 15 is 0 Å². The molecule has 0 radical (unpaired) electrons. The molecule has 0 aromatic heterocycles. The summed E-state index contributed by atoms with van der Waals surface area (Å²) in [5.74, 6) is -0.00581. The van der Waals surface area contributed by atoms with Crippen LogP contribution >= 0.6 is 0 Å². The van der Waals surface area contributed by atoms with E-state index in [1.54, 1.807) is 6.07 Å². The number of anilines is 1. The van der Waals surface area contributed by atoms with Gasteiger partial charge < -0.3 is 15.0 Å². The molecule has 0 bridgehead atoms. The number of nitrogens with zero attached hydrogens (tertiary/aromatic N) is 1. The van der Waals surface area contributed by atoms with Crippen LogP contribution in [0.3, 0.4) is 0 Å². The molecule has 3 nitrogen and oxygen atoms in total. The minimum atomic E-state index is -0.313. The highest BCUT2D eigenvalue weighted by atomic mass is 19.1. The SMILES string of the molecule is CCC1(C)CN(c2ccc(F)c(OC)c2)C(C)CN1. The summed E-state index contributed by atoms with van der Waals surface area (Å²) in [6.07, 6.45) is 1.06. The largest absolute Gasteiger partial charge is 0.494 e. The Bertz CT molecular complexity index is 452. The van der Waals surface area contributed by atoms with E-state index < -0.39 is 0 Å². The fraction of sp³-hybridized carbons (Fsp3) is 0.600. The third-order valence-electron chi connectivity index (χ3n) is 4.12. The Morgan fingerprint density at radius 1 is 1.53 bits per heavy atom. The third-order valence-corrected chi connectivity index (χ3v) is 4.12. The third kappa shape index (κ3) is 2.84. The molecule has 2 rings (SSSR count). The predicted octanol–water partition coefficient (Wildman–Crippen LogP) is 2.80. The zero-order valence-corrected chi connectivity index (χ0v) is 12.2. The van der Waals surface area contributed by atoms with E-state index in [1.807, 2.05) is 6.07 Å². The summed E-state index contributed by atoms with van der Waals surface area (Å²) >= 11 is 0. The summed E-state index contributed by atoms with van der Waals surface area (Å²) in [5, 5.41) is 3.59. The molecule has 0 amide bonds. The number of nitrogens with one attached hydrogen (secondary N) is 1. The highest BCUT2D eigenvalue weighted by molar-refractivity contribution is 5.53. The van der Waals surface area contributed by atoms with Crippen molar-refractivity contribution in [1.82, 2.24) is 5.32 Å². The molecule has 2 atom stereocenters. The highest BCUT2D eigenvalue weighted by Gasteiger charge is 2.32. The van der Waals surface area contributed by atoms with E-state index in [9.17, 15) is 4.39 Å². The van der Waals surface area contributed by atoms with Gasteiger partial charge in [0.25, 0.3) is 0 Å². The number of ether oxygens (including phenoxy) is 1. The first kappa shape index (κ1) is 14.1. The summed E-state index contributed by atoms with van der Waals surface area (Å²) in [6, 6.07) is 5.48. The molecule has 4 heteroatoms. The van der Waals surface area contributed by atoms with Crippen molar-refractivity contribution in [3.8, 4) is 5.75 Å². The van der Waals surface area contributed by atoms with Gasteiger partial charge in [0.1, 0.15) is 0 Å². The molecule has 0 aliphatic carbocycles. The van der Waals surface area contributed by atoms with Crippen molar-refractivity contribution in [1.29, 1.82) is 0 Å². The summed E-state index contributed by atoms with van der Waals surface area (Å²) in [4.78, 5) is 2.32. The Morgan fingerprint density at radius 2 is 2.26 bits per heavy atom. The Balaban J connectivity index is 2.28. The molecular formula is C15H23FN2O. The number of hydrogen-bond donors (Lipinski definition) is 1. The summed E-state index contributed by atoms with van der Waals surface area (Å²) in [6.45, 7) is 8.45. The molecule has 1 aliphatic heterocycles. The summed E-state index contributed by atoms with van der Waals surface area (Å²) < 4.78 is 18.6. The van der Waals surface area contributed by atoms with Gasteiger partial charge in [-0.05, 0) is 32.4 Å². The average Bonchev–Trinajstić information content (AvgIpc) is 2.42. The monoisotopic (exact) mass is 266 g/mol. The second-order valence-electron chi connectivity index (χ2n) is 5.59. The van der Waals surface area contributed by atoms with Gasteiger partial charge in [0.2, 0.25) is 0 Å². The Morgan fingerprint density at radius 3 is 2.89 bits per heavy atom. The molecule has 2 unspecified atom stereocenters. The first-order valence-corrected chi connectivity index (χ1v) is 6.84. The molecule has 1 aliphatic rings. The Hall–Kier alpha value is -1.29. The van der Waals surface area contributed by atoms with Crippen LogP contribution in [-0.2, 0) is 0 Å². The number of piperazine rings is 1. The van der Waals surface area contributed by atoms with Crippen molar-refractivity contribution in [3.05, 3.63) is 24.0 Å². The Kier molecular flexibility index (Phi) is 3.99. The quantitative estimate of drug-likeness (QED) is 0.910. The van der Waals surface area contributed by atoms with E-state index in [4.69, 9.17) is 4.74 Å². The topological polar surface area (TPSA) is 24.5 Å². The molecule has 1 saturated heterocycles. The van der Waals surface area contributed by atoms with Crippen LogP contribution < -0.4 is 15.0 Å². The maximum atomic E-state index is 13.5. The first-order valence-electron chi connectivity index (χ1n) is 6.84. The van der Waals surface area contributed by atoms with Crippen molar-refractivity contribution in [3.63, 3.8) is 0 Å². The lowest BCUT2D eigenvalue weighted by molar-refractivity contribution is 0.285. The smallest absolute Gasteiger partial charge is 0.165 e. The molecule has 0 spiro atoms. The number of halogens is 1. The van der Waals surface area contributed by atoms with Gasteiger partial charge >= 0.3 is 0 Å².